The van der Waals surface area contributed by atoms with Gasteiger partial charge in [0.05, 0.1) is 11.9 Å². The molecule has 2 heterocycles. The summed E-state index contributed by atoms with van der Waals surface area (Å²) in [6.07, 6.45) is 4.49. The molecule has 1 unspecified atom stereocenters. The predicted octanol–water partition coefficient (Wildman–Crippen LogP) is 5.12. The summed E-state index contributed by atoms with van der Waals surface area (Å²) in [6, 6.07) is 29.9. The van der Waals surface area contributed by atoms with Crippen LogP contribution in [0.2, 0.25) is 0 Å². The van der Waals surface area contributed by atoms with E-state index in [0.717, 1.165) is 48.2 Å². The average Bonchev–Trinajstić information content (AvgIpc) is 3.30. The first kappa shape index (κ1) is 20.7. The van der Waals surface area contributed by atoms with E-state index in [4.69, 9.17) is 4.78 Å². The lowest BCUT2D eigenvalue weighted by molar-refractivity contribution is 0.481. The van der Waals surface area contributed by atoms with Crippen LogP contribution in [0.3, 0.4) is 0 Å². The van der Waals surface area contributed by atoms with Crippen molar-refractivity contribution >= 4 is 9.92 Å². The molecule has 1 aromatic heterocycles. The molecule has 1 atom stereocenters. The summed E-state index contributed by atoms with van der Waals surface area (Å²) in [5.74, 6) is 0. The molecular weight excluding hydrogens is 416 g/mol. The zero-order valence-corrected chi connectivity index (χ0v) is 18.6. The Hall–Kier alpha value is -3.22. The Labute approximate surface area is 189 Å². The van der Waals surface area contributed by atoms with Crippen LogP contribution in [-0.4, -0.2) is 14.0 Å². The van der Waals surface area contributed by atoms with E-state index in [9.17, 15) is 4.21 Å². The molecule has 1 aliphatic rings. The molecule has 0 radical (unpaired) electrons. The number of rotatable bonds is 6. The second-order valence-electron chi connectivity index (χ2n) is 8.14. The molecule has 0 spiro atoms. The Bertz CT molecular complexity index is 1200. The molecule has 32 heavy (non-hydrogen) atoms. The van der Waals surface area contributed by atoms with Crippen molar-refractivity contribution < 1.29 is 4.21 Å². The molecule has 0 aliphatic carbocycles. The minimum atomic E-state index is -3.39. The Balaban J connectivity index is 1.74. The van der Waals surface area contributed by atoms with Crippen molar-refractivity contribution in [1.29, 1.82) is 4.78 Å². The van der Waals surface area contributed by atoms with Crippen molar-refractivity contribution in [2.75, 3.05) is 0 Å². The van der Waals surface area contributed by atoms with Crippen molar-refractivity contribution in [1.82, 2.24) is 14.5 Å². The van der Waals surface area contributed by atoms with Gasteiger partial charge in [0, 0.05) is 6.54 Å². The predicted molar refractivity (Wildman–Crippen MR) is 127 cm³/mol. The molecule has 2 N–H and O–H groups in total. The van der Waals surface area contributed by atoms with Crippen molar-refractivity contribution in [2.24, 2.45) is 0 Å². The third-order valence-corrected chi connectivity index (χ3v) is 7.72. The summed E-state index contributed by atoms with van der Waals surface area (Å²) in [7, 11) is -3.39. The maximum absolute atomic E-state index is 14.2. The largest absolute Gasteiger partial charge is 0.268 e. The highest BCUT2D eigenvalue weighted by atomic mass is 32.2. The van der Waals surface area contributed by atoms with E-state index in [1.165, 1.54) is 0 Å². The van der Waals surface area contributed by atoms with Gasteiger partial charge in [-0.3, -0.25) is 4.68 Å². The van der Waals surface area contributed by atoms with Gasteiger partial charge in [-0.25, -0.2) is 13.7 Å². The van der Waals surface area contributed by atoms with Crippen LogP contribution < -0.4 is 4.72 Å². The van der Waals surface area contributed by atoms with Crippen molar-refractivity contribution in [3.8, 4) is 0 Å². The fraction of sp³-hybridized carbons (Fsp3) is 0.192. The summed E-state index contributed by atoms with van der Waals surface area (Å²) >= 11 is 0. The molecule has 5 rings (SSSR count). The Morgan fingerprint density at radius 1 is 0.812 bits per heavy atom. The molecule has 1 aliphatic heterocycles. The quantitative estimate of drug-likeness (QED) is 0.407. The third-order valence-electron chi connectivity index (χ3n) is 6.17. The van der Waals surface area contributed by atoms with Gasteiger partial charge >= 0.3 is 0 Å². The van der Waals surface area contributed by atoms with E-state index in [-0.39, 0.29) is 0 Å². The summed E-state index contributed by atoms with van der Waals surface area (Å²) in [4.78, 5) is 0.490. The number of hydrogen-bond acceptors (Lipinski definition) is 3. The first-order valence-electron chi connectivity index (χ1n) is 10.9. The Morgan fingerprint density at radius 2 is 1.31 bits per heavy atom. The van der Waals surface area contributed by atoms with Crippen molar-refractivity contribution in [2.45, 2.75) is 36.2 Å². The molecule has 0 saturated heterocycles. The van der Waals surface area contributed by atoms with E-state index in [1.807, 2.05) is 95.7 Å². The van der Waals surface area contributed by atoms with Gasteiger partial charge in [-0.05, 0) is 36.0 Å². The van der Waals surface area contributed by atoms with Crippen LogP contribution in [0.4, 0.5) is 0 Å². The lowest BCUT2D eigenvalue weighted by Crippen LogP contribution is -2.47. The second-order valence-corrected chi connectivity index (χ2v) is 9.90. The first-order valence-corrected chi connectivity index (χ1v) is 12.5. The van der Waals surface area contributed by atoms with Crippen LogP contribution in [0.25, 0.3) is 0 Å². The molecule has 4 aromatic rings. The van der Waals surface area contributed by atoms with Gasteiger partial charge in [-0.1, -0.05) is 91.0 Å². The number of benzene rings is 3. The molecule has 0 fully saturated rings. The van der Waals surface area contributed by atoms with E-state index >= 15 is 0 Å². The van der Waals surface area contributed by atoms with Gasteiger partial charge in [0.15, 0.2) is 0 Å². The topological polar surface area (TPSA) is 70.8 Å². The lowest BCUT2D eigenvalue weighted by Gasteiger charge is -2.37. The average molecular weight is 443 g/mol. The van der Waals surface area contributed by atoms with Crippen LogP contribution in [0.1, 0.15) is 35.2 Å². The highest BCUT2D eigenvalue weighted by Crippen LogP contribution is 2.38. The summed E-state index contributed by atoms with van der Waals surface area (Å²) in [5, 5.41) is 4.45. The number of hydrogen-bond donors (Lipinski definition) is 2. The molecule has 0 saturated carbocycles. The monoisotopic (exact) mass is 442 g/mol. The van der Waals surface area contributed by atoms with Gasteiger partial charge in [0.2, 0.25) is 0 Å². The molecule has 5 nitrogen and oxygen atoms in total. The van der Waals surface area contributed by atoms with Gasteiger partial charge < -0.3 is 0 Å². The maximum atomic E-state index is 14.2. The van der Waals surface area contributed by atoms with Crippen molar-refractivity contribution in [3.63, 3.8) is 0 Å². The van der Waals surface area contributed by atoms with Crippen LogP contribution in [0.15, 0.2) is 102 Å². The van der Waals surface area contributed by atoms with Crippen LogP contribution in [-0.2, 0) is 28.4 Å². The van der Waals surface area contributed by atoms with Gasteiger partial charge in [-0.2, -0.15) is 5.10 Å². The van der Waals surface area contributed by atoms with Crippen LogP contribution in [0, 0.1) is 4.78 Å². The Morgan fingerprint density at radius 3 is 1.81 bits per heavy atom. The zero-order chi connectivity index (χ0) is 22.0. The Kier molecular flexibility index (Phi) is 5.41. The minimum absolute atomic E-state index is 0.490. The fourth-order valence-electron chi connectivity index (χ4n) is 4.64. The molecular formula is C26H26N4OS. The summed E-state index contributed by atoms with van der Waals surface area (Å²) in [6.45, 7) is 0.812. The highest BCUT2D eigenvalue weighted by Gasteiger charge is 2.40. The van der Waals surface area contributed by atoms with E-state index < -0.39 is 15.5 Å². The number of aromatic nitrogens is 2. The summed E-state index contributed by atoms with van der Waals surface area (Å²) < 4.78 is 28.5. The van der Waals surface area contributed by atoms with Gasteiger partial charge in [-0.15, -0.1) is 0 Å². The fourth-order valence-corrected chi connectivity index (χ4v) is 6.27. The number of aryl methyl sites for hydroxylation is 1. The molecule has 6 heteroatoms. The molecule has 3 aromatic carbocycles. The van der Waals surface area contributed by atoms with E-state index in [0.29, 0.717) is 4.90 Å². The van der Waals surface area contributed by atoms with E-state index in [1.54, 1.807) is 6.20 Å². The SMILES string of the molecule is N=S(=O)(NC(c1ccccc1)(c1ccccc1)c1ccccc1)c1cnn2c1CCCC2. The number of nitrogens with zero attached hydrogens (tertiary/aromatic N) is 2. The standard InChI is InChI=1S/C26H26N4OS/c27-32(31,25-20-28-30-19-11-10-18-24(25)30)29-26(21-12-4-1-5-13-21,22-14-6-2-7-15-22)23-16-8-3-9-17-23/h1-9,12-17,20H,10-11,18-19H2,(H2,27,29,31). The molecule has 162 valence electrons. The van der Waals surface area contributed by atoms with Gasteiger partial charge in [0.1, 0.15) is 20.3 Å². The van der Waals surface area contributed by atoms with Gasteiger partial charge in [0.25, 0.3) is 0 Å². The highest BCUT2D eigenvalue weighted by molar-refractivity contribution is 7.90. The van der Waals surface area contributed by atoms with Crippen LogP contribution in [0.5, 0.6) is 0 Å². The molecule has 0 bridgehead atoms. The number of fused-ring (bicyclic) bond motifs is 1. The third kappa shape index (κ3) is 3.55. The molecule has 0 amide bonds. The minimum Gasteiger partial charge on any atom is -0.268 e. The van der Waals surface area contributed by atoms with Crippen molar-refractivity contribution in [3.05, 3.63) is 120 Å². The maximum Gasteiger partial charge on any atom is 0.139 e. The lowest BCUT2D eigenvalue weighted by atomic mass is 9.78. The normalized spacial score (nSPS) is 15.6. The first-order chi connectivity index (χ1) is 15.6. The summed E-state index contributed by atoms with van der Waals surface area (Å²) in [5.41, 5.74) is 2.73. The second kappa shape index (κ2) is 8.37. The van der Waals surface area contributed by atoms with Crippen LogP contribution >= 0.6 is 0 Å². The smallest absolute Gasteiger partial charge is 0.139 e. The zero-order valence-electron chi connectivity index (χ0n) is 17.8. The van der Waals surface area contributed by atoms with E-state index in [2.05, 4.69) is 9.82 Å². The number of nitrogens with one attached hydrogen (secondary N) is 2.